The summed E-state index contributed by atoms with van der Waals surface area (Å²) in [5, 5.41) is 0. The van der Waals surface area contributed by atoms with Crippen LogP contribution in [-0.2, 0) is 21.3 Å². The third-order valence-electron chi connectivity index (χ3n) is 12.1. The van der Waals surface area contributed by atoms with Gasteiger partial charge in [0.2, 0.25) is 0 Å². The van der Waals surface area contributed by atoms with E-state index in [0.717, 1.165) is 44.3 Å². The van der Waals surface area contributed by atoms with Crippen LogP contribution in [0.25, 0.3) is 0 Å². The van der Waals surface area contributed by atoms with E-state index in [9.17, 15) is 0 Å². The lowest BCUT2D eigenvalue weighted by Crippen LogP contribution is -2.34. The highest BCUT2D eigenvalue weighted by Crippen LogP contribution is 2.45. The number of ether oxygens (including phenoxy) is 2. The first-order valence-electron chi connectivity index (χ1n) is 20.1. The molecule has 0 aromatic heterocycles. The predicted octanol–water partition coefficient (Wildman–Crippen LogP) is 12.2. The topological polar surface area (TPSA) is 24.9 Å². The number of methoxy groups -OCH3 is 2. The Morgan fingerprint density at radius 3 is 1.87 bits per heavy atom. The summed E-state index contributed by atoms with van der Waals surface area (Å²) >= 11 is 0. The Bertz CT molecular complexity index is 1960. The molecule has 0 saturated heterocycles. The molecule has 280 valence electrons. The summed E-state index contributed by atoms with van der Waals surface area (Å²) in [7, 11) is 3.52. The molecule has 0 spiro atoms. The lowest BCUT2D eigenvalue weighted by Gasteiger charge is -2.38. The van der Waals surface area contributed by atoms with E-state index in [1.807, 2.05) is 0 Å². The van der Waals surface area contributed by atoms with Gasteiger partial charge in [-0.2, -0.15) is 0 Å². The maximum atomic E-state index is 5.60. The molecule has 0 heterocycles. The zero-order valence-electron chi connectivity index (χ0n) is 33.1. The summed E-state index contributed by atoms with van der Waals surface area (Å²) in [4.78, 5) is 4.97. The minimum atomic E-state index is -0.0238. The fraction of sp³-hybridized carbons (Fsp3) is 0.360. The third kappa shape index (κ3) is 8.00. The lowest BCUT2D eigenvalue weighted by molar-refractivity contribution is 0.142. The normalized spacial score (nSPS) is 26.2. The van der Waals surface area contributed by atoms with Crippen molar-refractivity contribution in [2.75, 3.05) is 24.0 Å². The molecular weight excluding hydrogens is 661 g/mol. The van der Waals surface area contributed by atoms with Crippen LogP contribution < -0.4 is 9.80 Å². The molecule has 0 amide bonds. The summed E-state index contributed by atoms with van der Waals surface area (Å²) in [5.41, 5.74) is 10.4. The van der Waals surface area contributed by atoms with Crippen molar-refractivity contribution in [3.63, 3.8) is 0 Å². The van der Waals surface area contributed by atoms with Crippen LogP contribution in [0.2, 0.25) is 0 Å². The second-order valence-electron chi connectivity index (χ2n) is 15.6. The van der Waals surface area contributed by atoms with Crippen molar-refractivity contribution in [1.82, 2.24) is 0 Å². The second-order valence-corrected chi connectivity index (χ2v) is 15.6. The van der Waals surface area contributed by atoms with Gasteiger partial charge in [0.25, 0.3) is 0 Å². The molecule has 0 aliphatic heterocycles. The number of hydrogen-bond acceptors (Lipinski definition) is 4. The van der Waals surface area contributed by atoms with E-state index in [1.54, 1.807) is 14.2 Å². The van der Waals surface area contributed by atoms with E-state index in [1.165, 1.54) is 45.0 Å². The molecule has 0 N–H and O–H groups in total. The highest BCUT2D eigenvalue weighted by Gasteiger charge is 2.34. The Morgan fingerprint density at radius 1 is 0.667 bits per heavy atom. The van der Waals surface area contributed by atoms with Crippen LogP contribution in [-0.4, -0.2) is 32.4 Å². The van der Waals surface area contributed by atoms with Crippen molar-refractivity contribution >= 4 is 17.1 Å². The molecule has 4 aliphatic carbocycles. The number of anilines is 3. The Kier molecular flexibility index (Phi) is 11.6. The zero-order valence-corrected chi connectivity index (χ0v) is 33.1. The fourth-order valence-corrected chi connectivity index (χ4v) is 8.82. The van der Waals surface area contributed by atoms with E-state index in [2.05, 4.69) is 177 Å². The Balaban J connectivity index is 1.10. The highest BCUT2D eigenvalue weighted by atomic mass is 16.5. The molecule has 6 unspecified atom stereocenters. The molecule has 7 rings (SSSR count). The molecule has 0 fully saturated rings. The number of aryl methyl sites for hydroxylation is 1. The van der Waals surface area contributed by atoms with Gasteiger partial charge in [-0.15, -0.1) is 0 Å². The highest BCUT2D eigenvalue weighted by molar-refractivity contribution is 5.67. The van der Waals surface area contributed by atoms with Crippen LogP contribution in [0.4, 0.5) is 17.1 Å². The summed E-state index contributed by atoms with van der Waals surface area (Å²) in [6.45, 7) is 9.29. The average molecular weight is 719 g/mol. The van der Waals surface area contributed by atoms with Gasteiger partial charge in [-0.1, -0.05) is 118 Å². The van der Waals surface area contributed by atoms with E-state index >= 15 is 0 Å². The molecule has 4 aliphatic rings. The smallest absolute Gasteiger partial charge is 0.114 e. The molecule has 54 heavy (non-hydrogen) atoms. The lowest BCUT2D eigenvalue weighted by atomic mass is 9.67. The minimum Gasteiger partial charge on any atom is -0.497 e. The van der Waals surface area contributed by atoms with Gasteiger partial charge in [0.05, 0.1) is 25.3 Å². The van der Waals surface area contributed by atoms with Gasteiger partial charge in [0, 0.05) is 41.2 Å². The van der Waals surface area contributed by atoms with E-state index in [4.69, 9.17) is 9.47 Å². The first-order chi connectivity index (χ1) is 26.3. The fourth-order valence-electron chi connectivity index (χ4n) is 8.82. The Morgan fingerprint density at radius 2 is 1.31 bits per heavy atom. The maximum absolute atomic E-state index is 5.60. The Labute approximate surface area is 324 Å². The van der Waals surface area contributed by atoms with Crippen LogP contribution in [0.5, 0.6) is 0 Å². The third-order valence-corrected chi connectivity index (χ3v) is 12.1. The van der Waals surface area contributed by atoms with Gasteiger partial charge in [-0.3, -0.25) is 0 Å². The summed E-state index contributed by atoms with van der Waals surface area (Å²) in [5.74, 6) is 1.80. The van der Waals surface area contributed by atoms with Crippen molar-refractivity contribution in [2.24, 2.45) is 5.92 Å². The maximum Gasteiger partial charge on any atom is 0.114 e. The molecule has 6 atom stereocenters. The van der Waals surface area contributed by atoms with E-state index < -0.39 is 0 Å². The largest absolute Gasteiger partial charge is 0.497 e. The number of nitrogens with zero attached hydrogens (tertiary/aromatic N) is 2. The molecule has 3 aromatic rings. The number of allylic oxidation sites excluding steroid dienone is 6. The monoisotopic (exact) mass is 718 g/mol. The molecular formula is C50H58N2O2. The molecule has 0 saturated carbocycles. The van der Waals surface area contributed by atoms with Crippen LogP contribution in [0.3, 0.4) is 0 Å². The van der Waals surface area contributed by atoms with Crippen LogP contribution in [0, 0.1) is 5.92 Å². The van der Waals surface area contributed by atoms with Gasteiger partial charge < -0.3 is 19.3 Å². The number of hydrogen-bond donors (Lipinski definition) is 0. The van der Waals surface area contributed by atoms with E-state index in [-0.39, 0.29) is 17.6 Å². The molecule has 4 heteroatoms. The Hall–Kier alpha value is -4.80. The van der Waals surface area contributed by atoms with Crippen molar-refractivity contribution in [1.29, 1.82) is 0 Å². The zero-order chi connectivity index (χ0) is 37.7. The van der Waals surface area contributed by atoms with Crippen LogP contribution >= 0.6 is 0 Å². The van der Waals surface area contributed by atoms with Gasteiger partial charge in [-0.05, 0) is 116 Å². The first-order valence-corrected chi connectivity index (χ1v) is 20.1. The molecule has 0 radical (unpaired) electrons. The summed E-state index contributed by atoms with van der Waals surface area (Å²) in [6.07, 6.45) is 31.4. The molecule has 4 nitrogen and oxygen atoms in total. The van der Waals surface area contributed by atoms with E-state index in [0.29, 0.717) is 17.9 Å². The van der Waals surface area contributed by atoms with Gasteiger partial charge in [0.15, 0.2) is 0 Å². The predicted molar refractivity (Wildman–Crippen MR) is 228 cm³/mol. The minimum absolute atomic E-state index is 0.0238. The number of benzene rings is 3. The standard InChI is InChI=1S/C50H58N2O2/c1-7-37-9-17-41(18-10-37)51(42-19-11-38(8-2)12-20-42)44-23-15-40(16-24-44)50(4)34-33-49(36(3)35-50)39-13-21-43(22-14-39)52(45-25-29-47(53-5)30-26-45)46-27-31-48(54-6)32-28-46/h9-19,21-27,29,31-34,36,42,46-47,49H,7-8,20,28,30,35H2,1-6H3. The van der Waals surface area contributed by atoms with Gasteiger partial charge >= 0.3 is 0 Å². The summed E-state index contributed by atoms with van der Waals surface area (Å²) < 4.78 is 11.1. The average Bonchev–Trinajstić information content (AvgIpc) is 3.22. The molecule has 0 bridgehead atoms. The van der Waals surface area contributed by atoms with Crippen LogP contribution in [0.1, 0.15) is 82.4 Å². The van der Waals surface area contributed by atoms with Crippen molar-refractivity contribution in [2.45, 2.75) is 95.7 Å². The van der Waals surface area contributed by atoms with Crippen LogP contribution in [0.15, 0.2) is 157 Å². The second kappa shape index (κ2) is 16.7. The van der Waals surface area contributed by atoms with Crippen molar-refractivity contribution in [3.8, 4) is 0 Å². The molecule has 3 aromatic carbocycles. The first kappa shape index (κ1) is 37.5. The van der Waals surface area contributed by atoms with Crippen molar-refractivity contribution < 1.29 is 9.47 Å². The van der Waals surface area contributed by atoms with Gasteiger partial charge in [-0.25, -0.2) is 0 Å². The SMILES string of the molecule is CCC1=CCC(N(c2ccc(CC)cc2)c2ccc(C3(C)C=CC(c4ccc(N(C5=CCC(OC)C=C5)C5C=CC(OC)=CC5)cc4)C(C)C3)cc2)C=C1. The quantitative estimate of drug-likeness (QED) is 0.174. The summed E-state index contributed by atoms with van der Waals surface area (Å²) in [6, 6.07) is 28.4. The number of rotatable bonds is 12. The van der Waals surface area contributed by atoms with Gasteiger partial charge in [0.1, 0.15) is 5.76 Å². The van der Waals surface area contributed by atoms with Crippen molar-refractivity contribution in [3.05, 3.63) is 173 Å².